The Balaban J connectivity index is 1.55. The van der Waals surface area contributed by atoms with E-state index in [9.17, 15) is 18.0 Å². The predicted octanol–water partition coefficient (Wildman–Crippen LogP) is 5.71. The number of benzene rings is 2. The van der Waals surface area contributed by atoms with Crippen LogP contribution in [-0.4, -0.2) is 42.2 Å². The lowest BCUT2D eigenvalue weighted by atomic mass is 10.0. The second-order valence-corrected chi connectivity index (χ2v) is 8.71. The second-order valence-electron chi connectivity index (χ2n) is 8.30. The van der Waals surface area contributed by atoms with E-state index >= 15 is 0 Å². The molecule has 0 atom stereocenters. The predicted molar refractivity (Wildman–Crippen MR) is 130 cm³/mol. The fourth-order valence-corrected chi connectivity index (χ4v) is 4.29. The van der Waals surface area contributed by atoms with Crippen molar-refractivity contribution in [2.24, 2.45) is 0 Å². The van der Waals surface area contributed by atoms with Gasteiger partial charge < -0.3 is 4.90 Å². The minimum absolute atomic E-state index is 0.0821. The molecule has 0 aliphatic heterocycles. The first kappa shape index (κ1) is 23.8. The summed E-state index contributed by atoms with van der Waals surface area (Å²) in [6.07, 6.45) is -3.23. The van der Waals surface area contributed by atoms with Crippen molar-refractivity contribution in [1.82, 2.24) is 29.3 Å². The first-order valence-corrected chi connectivity index (χ1v) is 11.5. The zero-order valence-corrected chi connectivity index (χ0v) is 20.0. The largest absolute Gasteiger partial charge is 0.433 e. The van der Waals surface area contributed by atoms with Crippen molar-refractivity contribution in [3.63, 3.8) is 0 Å². The van der Waals surface area contributed by atoms with E-state index in [1.807, 2.05) is 37.3 Å². The molecule has 0 bridgehead atoms. The van der Waals surface area contributed by atoms with Gasteiger partial charge in [0.2, 0.25) is 0 Å². The fourth-order valence-electron chi connectivity index (χ4n) is 4.09. The van der Waals surface area contributed by atoms with Gasteiger partial charge in [-0.05, 0) is 29.8 Å². The van der Waals surface area contributed by atoms with Crippen LogP contribution in [0.2, 0.25) is 5.02 Å². The molecular weight excluding hydrogens is 493 g/mol. The molecule has 5 rings (SSSR count). The number of hydrogen-bond acceptors (Lipinski definition) is 4. The van der Waals surface area contributed by atoms with Gasteiger partial charge in [-0.3, -0.25) is 9.48 Å². The lowest BCUT2D eigenvalue weighted by Gasteiger charge is -2.16. The van der Waals surface area contributed by atoms with E-state index in [0.717, 1.165) is 16.8 Å². The molecule has 0 saturated carbocycles. The molecule has 5 aromatic rings. The van der Waals surface area contributed by atoms with Gasteiger partial charge >= 0.3 is 6.18 Å². The number of carbonyl (C=O) groups excluding carboxylic acids is 1. The normalized spacial score (nSPS) is 11.9. The average Bonchev–Trinajstić information content (AvgIpc) is 3.45. The minimum Gasteiger partial charge on any atom is -0.334 e. The van der Waals surface area contributed by atoms with E-state index in [0.29, 0.717) is 27.3 Å². The number of amides is 1. The average molecular weight is 513 g/mol. The summed E-state index contributed by atoms with van der Waals surface area (Å²) in [5.74, 6) is -0.569. The monoisotopic (exact) mass is 512 g/mol. The number of halogens is 4. The molecule has 0 spiro atoms. The van der Waals surface area contributed by atoms with Gasteiger partial charge in [0.1, 0.15) is 0 Å². The number of rotatable bonds is 5. The molecule has 0 saturated heterocycles. The zero-order valence-electron chi connectivity index (χ0n) is 19.3. The maximum Gasteiger partial charge on any atom is 0.433 e. The molecule has 0 unspecified atom stereocenters. The van der Waals surface area contributed by atoms with Crippen LogP contribution in [-0.2, 0) is 19.3 Å². The molecule has 3 heterocycles. The number of fused-ring (bicyclic) bond motifs is 2. The highest BCUT2D eigenvalue weighted by molar-refractivity contribution is 6.31. The van der Waals surface area contributed by atoms with Crippen LogP contribution >= 0.6 is 11.6 Å². The van der Waals surface area contributed by atoms with Crippen LogP contribution in [0.15, 0.2) is 60.8 Å². The van der Waals surface area contributed by atoms with Crippen molar-refractivity contribution in [2.75, 3.05) is 7.05 Å². The Kier molecular flexibility index (Phi) is 5.91. The third kappa shape index (κ3) is 4.28. The van der Waals surface area contributed by atoms with Crippen molar-refractivity contribution >= 4 is 33.9 Å². The van der Waals surface area contributed by atoms with Crippen molar-refractivity contribution in [3.05, 3.63) is 82.9 Å². The van der Waals surface area contributed by atoms with Gasteiger partial charge in [-0.1, -0.05) is 48.0 Å². The highest BCUT2D eigenvalue weighted by Gasteiger charge is 2.36. The standard InChI is InChI=1S/C25H20ClF3N6O/c1-3-34-21(18(26)13-30-34)14-33(2)24(36)20-12-23-31-19(11-22(25(27,28)29)35(23)32-20)17-9-8-15-6-4-5-7-16(15)10-17/h4-13H,3,14H2,1-2H3. The van der Waals surface area contributed by atoms with E-state index in [2.05, 4.69) is 15.2 Å². The summed E-state index contributed by atoms with van der Waals surface area (Å²) < 4.78 is 44.3. The second kappa shape index (κ2) is 8.94. The van der Waals surface area contributed by atoms with Crippen LogP contribution < -0.4 is 0 Å². The molecule has 0 aliphatic rings. The molecule has 11 heteroatoms. The summed E-state index contributed by atoms with van der Waals surface area (Å²) in [6, 6.07) is 15.1. The van der Waals surface area contributed by atoms with Gasteiger partial charge in [-0.25, -0.2) is 9.50 Å². The molecule has 1 amide bonds. The molecule has 7 nitrogen and oxygen atoms in total. The molecule has 3 aromatic heterocycles. The van der Waals surface area contributed by atoms with Crippen LogP contribution in [0.5, 0.6) is 0 Å². The Bertz CT molecular complexity index is 1610. The molecule has 0 aliphatic carbocycles. The number of alkyl halides is 3. The van der Waals surface area contributed by atoms with Gasteiger partial charge in [-0.2, -0.15) is 23.4 Å². The lowest BCUT2D eigenvalue weighted by molar-refractivity contribution is -0.142. The van der Waals surface area contributed by atoms with E-state index in [4.69, 9.17) is 11.6 Å². The van der Waals surface area contributed by atoms with Gasteiger partial charge in [0.15, 0.2) is 17.0 Å². The van der Waals surface area contributed by atoms with Crippen LogP contribution in [0, 0.1) is 0 Å². The summed E-state index contributed by atoms with van der Waals surface area (Å²) in [4.78, 5) is 18.8. The van der Waals surface area contributed by atoms with Crippen molar-refractivity contribution in [3.8, 4) is 11.3 Å². The summed E-state index contributed by atoms with van der Waals surface area (Å²) in [6.45, 7) is 2.55. The number of hydrogen-bond donors (Lipinski definition) is 0. The number of nitrogens with zero attached hydrogens (tertiary/aromatic N) is 6. The SMILES string of the molecule is CCn1ncc(Cl)c1CN(C)C(=O)c1cc2nc(-c3ccc4ccccc4c3)cc(C(F)(F)F)n2n1. The molecule has 36 heavy (non-hydrogen) atoms. The quantitative estimate of drug-likeness (QED) is 0.302. The smallest absolute Gasteiger partial charge is 0.334 e. The highest BCUT2D eigenvalue weighted by atomic mass is 35.5. The molecular formula is C25H20ClF3N6O. The number of aromatic nitrogens is 5. The van der Waals surface area contributed by atoms with E-state index in [-0.39, 0.29) is 23.6 Å². The summed E-state index contributed by atoms with van der Waals surface area (Å²) in [7, 11) is 1.52. The van der Waals surface area contributed by atoms with E-state index in [1.165, 1.54) is 24.2 Å². The fraction of sp³-hybridized carbons (Fsp3) is 0.200. The first-order chi connectivity index (χ1) is 17.2. The van der Waals surface area contributed by atoms with Crippen LogP contribution in [0.4, 0.5) is 13.2 Å². The van der Waals surface area contributed by atoms with Crippen LogP contribution in [0.3, 0.4) is 0 Å². The Morgan fingerprint density at radius 1 is 1.08 bits per heavy atom. The van der Waals surface area contributed by atoms with E-state index < -0.39 is 17.8 Å². The lowest BCUT2D eigenvalue weighted by Crippen LogP contribution is -2.28. The minimum atomic E-state index is -4.72. The summed E-state index contributed by atoms with van der Waals surface area (Å²) in [5, 5.41) is 10.3. The zero-order chi connectivity index (χ0) is 25.6. The maximum absolute atomic E-state index is 14.0. The Hall–Kier alpha value is -3.92. The number of carbonyl (C=O) groups is 1. The van der Waals surface area contributed by atoms with Crippen molar-refractivity contribution in [1.29, 1.82) is 0 Å². The molecule has 0 fully saturated rings. The topological polar surface area (TPSA) is 68.3 Å². The van der Waals surface area contributed by atoms with Gasteiger partial charge in [0, 0.05) is 25.2 Å². The molecule has 184 valence electrons. The van der Waals surface area contributed by atoms with Crippen LogP contribution in [0.25, 0.3) is 27.7 Å². The summed E-state index contributed by atoms with van der Waals surface area (Å²) >= 11 is 6.19. The summed E-state index contributed by atoms with van der Waals surface area (Å²) in [5.41, 5.74) is 0.00369. The third-order valence-corrected chi connectivity index (χ3v) is 6.23. The molecule has 0 radical (unpaired) electrons. The van der Waals surface area contributed by atoms with Gasteiger partial charge in [-0.15, -0.1) is 0 Å². The van der Waals surface area contributed by atoms with Gasteiger partial charge in [0.25, 0.3) is 5.91 Å². The van der Waals surface area contributed by atoms with Gasteiger partial charge in [0.05, 0.1) is 29.2 Å². The Morgan fingerprint density at radius 2 is 1.83 bits per heavy atom. The third-order valence-electron chi connectivity index (χ3n) is 5.91. The highest BCUT2D eigenvalue weighted by Crippen LogP contribution is 2.33. The molecule has 2 aromatic carbocycles. The Morgan fingerprint density at radius 3 is 2.56 bits per heavy atom. The van der Waals surface area contributed by atoms with Crippen LogP contribution in [0.1, 0.15) is 28.8 Å². The number of aryl methyl sites for hydroxylation is 1. The van der Waals surface area contributed by atoms with E-state index in [1.54, 1.807) is 16.8 Å². The maximum atomic E-state index is 14.0. The van der Waals surface area contributed by atoms with Crippen molar-refractivity contribution in [2.45, 2.75) is 26.2 Å². The van der Waals surface area contributed by atoms with Crippen molar-refractivity contribution < 1.29 is 18.0 Å². The first-order valence-electron chi connectivity index (χ1n) is 11.1. The Labute approximate surface area is 208 Å². The molecule has 0 N–H and O–H groups in total.